The van der Waals surface area contributed by atoms with Crippen LogP contribution in [0.5, 0.6) is 5.75 Å². The maximum atomic E-state index is 12.8. The summed E-state index contributed by atoms with van der Waals surface area (Å²) in [6.45, 7) is 0.245. The number of benzene rings is 1. The number of alkyl halides is 3. The number of hydrogen-bond acceptors (Lipinski definition) is 3. The first-order valence-electron chi connectivity index (χ1n) is 8.11. The summed E-state index contributed by atoms with van der Waals surface area (Å²) in [6, 6.07) is 11.1. The monoisotopic (exact) mass is 409 g/mol. The summed E-state index contributed by atoms with van der Waals surface area (Å²) in [5, 5.41) is 2.54. The molecule has 0 saturated heterocycles. The Morgan fingerprint density at radius 1 is 1.25 bits per heavy atom. The Balaban J connectivity index is 1.80. The molecule has 0 saturated carbocycles. The number of carbonyl (C=O) groups excluding carboxylic acids is 1. The number of rotatable bonds is 5. The van der Waals surface area contributed by atoms with Gasteiger partial charge in [-0.1, -0.05) is 23.7 Å². The smallest absolute Gasteiger partial charge is 0.417 e. The maximum Gasteiger partial charge on any atom is 0.417 e. The lowest BCUT2D eigenvalue weighted by Gasteiger charge is -2.13. The molecule has 9 heteroatoms. The van der Waals surface area contributed by atoms with Crippen molar-refractivity contribution in [2.75, 3.05) is 7.11 Å². The van der Waals surface area contributed by atoms with Crippen molar-refractivity contribution in [3.05, 3.63) is 76.7 Å². The molecular formula is C19H15ClF3N3O2. The van der Waals surface area contributed by atoms with Crippen LogP contribution in [0, 0.1) is 0 Å². The van der Waals surface area contributed by atoms with Gasteiger partial charge in [0.05, 0.1) is 17.7 Å². The first-order valence-corrected chi connectivity index (χ1v) is 8.49. The zero-order valence-corrected chi connectivity index (χ0v) is 15.4. The second-order valence-corrected chi connectivity index (χ2v) is 6.23. The lowest BCUT2D eigenvalue weighted by molar-refractivity contribution is -0.137. The Kier molecular flexibility index (Phi) is 5.60. The van der Waals surface area contributed by atoms with E-state index in [4.69, 9.17) is 16.3 Å². The molecule has 146 valence electrons. The molecule has 0 bridgehead atoms. The summed E-state index contributed by atoms with van der Waals surface area (Å²) in [6.07, 6.45) is -2.37. The Morgan fingerprint density at radius 3 is 2.71 bits per heavy atom. The summed E-state index contributed by atoms with van der Waals surface area (Å²) < 4.78 is 44.8. The summed E-state index contributed by atoms with van der Waals surface area (Å²) >= 11 is 5.98. The molecular weight excluding hydrogens is 395 g/mol. The minimum absolute atomic E-state index is 0.0335. The highest BCUT2D eigenvalue weighted by atomic mass is 35.5. The van der Waals surface area contributed by atoms with Gasteiger partial charge in [-0.2, -0.15) is 13.2 Å². The van der Waals surface area contributed by atoms with Crippen LogP contribution in [0.2, 0.25) is 5.02 Å². The van der Waals surface area contributed by atoms with Crippen molar-refractivity contribution in [2.45, 2.75) is 12.7 Å². The van der Waals surface area contributed by atoms with Crippen LogP contribution in [-0.2, 0) is 12.7 Å². The number of hydrogen-bond donors (Lipinski definition) is 1. The van der Waals surface area contributed by atoms with E-state index >= 15 is 0 Å². The third-order valence-corrected chi connectivity index (χ3v) is 4.22. The average Bonchev–Trinajstić information content (AvgIpc) is 3.15. The molecule has 5 nitrogen and oxygen atoms in total. The molecule has 0 fully saturated rings. The van der Waals surface area contributed by atoms with Crippen LogP contribution in [0.3, 0.4) is 0 Å². The van der Waals surface area contributed by atoms with Crippen LogP contribution >= 0.6 is 11.6 Å². The largest absolute Gasteiger partial charge is 0.497 e. The van der Waals surface area contributed by atoms with Crippen LogP contribution in [0.4, 0.5) is 13.2 Å². The zero-order valence-electron chi connectivity index (χ0n) is 14.6. The normalized spacial score (nSPS) is 11.3. The highest BCUT2D eigenvalue weighted by Crippen LogP contribution is 2.32. The van der Waals surface area contributed by atoms with Crippen LogP contribution in [-0.4, -0.2) is 22.6 Å². The van der Waals surface area contributed by atoms with Crippen LogP contribution in [0.15, 0.2) is 54.9 Å². The predicted octanol–water partition coefficient (Wildman–Crippen LogP) is 4.48. The number of amides is 1. The molecule has 0 aliphatic rings. The van der Waals surface area contributed by atoms with E-state index in [1.54, 1.807) is 31.4 Å². The number of carbonyl (C=O) groups is 1. The van der Waals surface area contributed by atoms with Crippen LogP contribution in [0.1, 0.15) is 21.6 Å². The van der Waals surface area contributed by atoms with Gasteiger partial charge in [0.25, 0.3) is 5.91 Å². The van der Waals surface area contributed by atoms with Crippen molar-refractivity contribution < 1.29 is 22.7 Å². The van der Waals surface area contributed by atoms with Crippen molar-refractivity contribution >= 4 is 17.5 Å². The van der Waals surface area contributed by atoms with E-state index in [1.807, 2.05) is 6.07 Å². The Bertz CT molecular complexity index is 1000. The van der Waals surface area contributed by atoms with Gasteiger partial charge >= 0.3 is 6.18 Å². The molecule has 1 aromatic carbocycles. The highest BCUT2D eigenvalue weighted by molar-refractivity contribution is 6.32. The fraction of sp³-hybridized carbons (Fsp3) is 0.158. The van der Waals surface area contributed by atoms with Gasteiger partial charge < -0.3 is 10.1 Å². The summed E-state index contributed by atoms with van der Waals surface area (Å²) in [7, 11) is 1.55. The molecule has 2 aromatic heterocycles. The molecule has 1 N–H and O–H groups in total. The molecule has 0 aliphatic carbocycles. The summed E-state index contributed by atoms with van der Waals surface area (Å²) in [5.41, 5.74) is 0.0611. The quantitative estimate of drug-likeness (QED) is 0.675. The number of nitrogens with one attached hydrogen (secondary N) is 1. The molecule has 2 heterocycles. The molecule has 0 atom stereocenters. The van der Waals surface area contributed by atoms with Crippen molar-refractivity contribution in [3.63, 3.8) is 0 Å². The number of ether oxygens (including phenoxy) is 1. The standard InChI is InChI=1S/C19H15ClF3N3O2/c1-28-14-5-2-4-12(8-14)10-25-18(27)16-6-3-7-26(16)17-15(20)9-13(11-24-17)19(21,22)23/h2-9,11H,10H2,1H3,(H,25,27). The highest BCUT2D eigenvalue weighted by Gasteiger charge is 2.32. The summed E-state index contributed by atoms with van der Waals surface area (Å²) in [4.78, 5) is 16.3. The van der Waals surface area contributed by atoms with Gasteiger partial charge in [0, 0.05) is 18.9 Å². The van der Waals surface area contributed by atoms with Gasteiger partial charge in [0.1, 0.15) is 11.4 Å². The Morgan fingerprint density at radius 2 is 2.04 bits per heavy atom. The molecule has 28 heavy (non-hydrogen) atoms. The third-order valence-electron chi connectivity index (χ3n) is 3.95. The van der Waals surface area contributed by atoms with E-state index in [0.29, 0.717) is 11.9 Å². The van der Waals surface area contributed by atoms with E-state index in [0.717, 1.165) is 11.6 Å². The topological polar surface area (TPSA) is 56.1 Å². The molecule has 3 aromatic rings. The number of methoxy groups -OCH3 is 1. The van der Waals surface area contributed by atoms with Gasteiger partial charge in [-0.15, -0.1) is 0 Å². The van der Waals surface area contributed by atoms with E-state index in [1.165, 1.54) is 16.8 Å². The zero-order chi connectivity index (χ0) is 20.3. The lowest BCUT2D eigenvalue weighted by atomic mass is 10.2. The van der Waals surface area contributed by atoms with E-state index in [2.05, 4.69) is 10.3 Å². The Hall–Kier alpha value is -3.00. The fourth-order valence-corrected chi connectivity index (χ4v) is 2.83. The van der Waals surface area contributed by atoms with Crippen molar-refractivity contribution in [1.29, 1.82) is 0 Å². The second-order valence-electron chi connectivity index (χ2n) is 5.82. The molecule has 0 spiro atoms. The molecule has 3 rings (SSSR count). The molecule has 1 amide bonds. The minimum Gasteiger partial charge on any atom is -0.497 e. The van der Waals surface area contributed by atoms with Crippen molar-refractivity contribution in [1.82, 2.24) is 14.9 Å². The van der Waals surface area contributed by atoms with Crippen LogP contribution < -0.4 is 10.1 Å². The first-order chi connectivity index (χ1) is 13.3. The molecule has 0 radical (unpaired) electrons. The second kappa shape index (κ2) is 7.93. The molecule has 0 aliphatic heterocycles. The summed E-state index contributed by atoms with van der Waals surface area (Å²) in [5.74, 6) is 0.271. The number of aromatic nitrogens is 2. The first kappa shape index (κ1) is 19.8. The van der Waals surface area contributed by atoms with E-state index in [-0.39, 0.29) is 23.1 Å². The van der Waals surface area contributed by atoms with Crippen molar-refractivity contribution in [2.24, 2.45) is 0 Å². The number of pyridine rings is 1. The van der Waals surface area contributed by atoms with Gasteiger partial charge in [-0.05, 0) is 35.9 Å². The van der Waals surface area contributed by atoms with Gasteiger partial charge in [0.2, 0.25) is 0 Å². The lowest BCUT2D eigenvalue weighted by Crippen LogP contribution is -2.25. The van der Waals surface area contributed by atoms with Gasteiger partial charge in [0.15, 0.2) is 5.82 Å². The maximum absolute atomic E-state index is 12.8. The number of halogens is 4. The van der Waals surface area contributed by atoms with Crippen molar-refractivity contribution in [3.8, 4) is 11.6 Å². The Labute approximate surface area is 163 Å². The van der Waals surface area contributed by atoms with Gasteiger partial charge in [-0.25, -0.2) is 4.98 Å². The van der Waals surface area contributed by atoms with Gasteiger partial charge in [-0.3, -0.25) is 9.36 Å². The van der Waals surface area contributed by atoms with E-state index < -0.39 is 17.6 Å². The molecule has 0 unspecified atom stereocenters. The minimum atomic E-state index is -4.55. The average molecular weight is 410 g/mol. The van der Waals surface area contributed by atoms with E-state index in [9.17, 15) is 18.0 Å². The SMILES string of the molecule is COc1cccc(CNC(=O)c2cccn2-c2ncc(C(F)(F)F)cc2Cl)c1. The fourth-order valence-electron chi connectivity index (χ4n) is 2.57. The number of nitrogens with zero attached hydrogens (tertiary/aromatic N) is 2. The third kappa shape index (κ3) is 4.28. The predicted molar refractivity (Wildman–Crippen MR) is 97.7 cm³/mol. The van der Waals surface area contributed by atoms with Crippen LogP contribution in [0.25, 0.3) is 5.82 Å².